The molecular formula is C34H32N4O2. The normalized spacial score (nSPS) is 10.8. The second-order valence-electron chi connectivity index (χ2n) is 9.97. The van der Waals surface area contributed by atoms with Crippen molar-refractivity contribution in [2.75, 3.05) is 11.9 Å². The summed E-state index contributed by atoms with van der Waals surface area (Å²) >= 11 is 0. The summed E-state index contributed by atoms with van der Waals surface area (Å²) in [5, 5.41) is 2.98. The predicted octanol–water partition coefficient (Wildman–Crippen LogP) is 6.37. The van der Waals surface area contributed by atoms with Crippen LogP contribution in [0, 0.1) is 13.8 Å². The minimum Gasteiger partial charge on any atom is -0.329 e. The first-order valence-electron chi connectivity index (χ1n) is 13.3. The van der Waals surface area contributed by atoms with E-state index in [4.69, 9.17) is 4.98 Å². The molecule has 0 saturated heterocycles. The second kappa shape index (κ2) is 12.3. The van der Waals surface area contributed by atoms with Crippen molar-refractivity contribution in [1.29, 1.82) is 0 Å². The Labute approximate surface area is 234 Å². The lowest BCUT2D eigenvalue weighted by atomic mass is 10.1. The third-order valence-corrected chi connectivity index (χ3v) is 6.72. The molecule has 0 fully saturated rings. The average Bonchev–Trinajstić information content (AvgIpc) is 3.38. The molecule has 0 aliphatic heterocycles. The zero-order chi connectivity index (χ0) is 27.9. The number of nitrogens with zero attached hydrogens (tertiary/aromatic N) is 3. The van der Waals surface area contributed by atoms with Gasteiger partial charge in [-0.3, -0.25) is 19.5 Å². The van der Waals surface area contributed by atoms with Crippen LogP contribution in [-0.2, 0) is 22.6 Å². The van der Waals surface area contributed by atoms with E-state index in [1.54, 1.807) is 4.90 Å². The first-order chi connectivity index (χ1) is 19.4. The number of aromatic nitrogens is 2. The smallest absolute Gasteiger partial charge is 0.246 e. The third kappa shape index (κ3) is 6.72. The van der Waals surface area contributed by atoms with Crippen molar-refractivity contribution in [1.82, 2.24) is 14.5 Å². The minimum atomic E-state index is -0.313. The quantitative estimate of drug-likeness (QED) is 0.242. The molecule has 0 aliphatic rings. The van der Waals surface area contributed by atoms with Crippen LogP contribution in [0.2, 0.25) is 0 Å². The summed E-state index contributed by atoms with van der Waals surface area (Å²) in [4.78, 5) is 33.2. The van der Waals surface area contributed by atoms with Gasteiger partial charge >= 0.3 is 0 Å². The van der Waals surface area contributed by atoms with Crippen LogP contribution in [0.4, 0.5) is 5.95 Å². The van der Waals surface area contributed by atoms with Gasteiger partial charge in [-0.2, -0.15) is 0 Å². The molecule has 4 aromatic carbocycles. The van der Waals surface area contributed by atoms with E-state index in [0.29, 0.717) is 12.5 Å². The van der Waals surface area contributed by atoms with Crippen LogP contribution in [0.5, 0.6) is 0 Å². The summed E-state index contributed by atoms with van der Waals surface area (Å²) in [6, 6.07) is 35.5. The Morgan fingerprint density at radius 2 is 1.32 bits per heavy atom. The standard InChI is InChI=1S/C34H32N4O2/c1-25-13-17-29(18-14-25)31-23-38(30-19-15-26(2)16-20-30)34(35-31)36-32(39)24-37(22-28-11-7-4-8-12-28)33(40)21-27-9-5-3-6-10-27/h3-20,23H,21-22,24H2,1-2H3,(H,35,36,39). The summed E-state index contributed by atoms with van der Waals surface area (Å²) in [6.45, 7) is 4.31. The molecule has 0 unspecified atom stereocenters. The molecule has 0 spiro atoms. The monoisotopic (exact) mass is 528 g/mol. The number of imidazole rings is 1. The van der Waals surface area contributed by atoms with Gasteiger partial charge in [0.15, 0.2) is 0 Å². The van der Waals surface area contributed by atoms with Crippen molar-refractivity contribution in [2.24, 2.45) is 0 Å². The van der Waals surface area contributed by atoms with E-state index >= 15 is 0 Å². The van der Waals surface area contributed by atoms with E-state index in [0.717, 1.165) is 39.2 Å². The Hall–Kier alpha value is -4.97. The highest BCUT2D eigenvalue weighted by molar-refractivity contribution is 5.94. The summed E-state index contributed by atoms with van der Waals surface area (Å²) in [6.07, 6.45) is 2.14. The van der Waals surface area contributed by atoms with Gasteiger partial charge < -0.3 is 4.90 Å². The van der Waals surface area contributed by atoms with Crippen LogP contribution < -0.4 is 5.32 Å². The highest BCUT2D eigenvalue weighted by Gasteiger charge is 2.20. The van der Waals surface area contributed by atoms with Gasteiger partial charge in [-0.1, -0.05) is 108 Å². The molecule has 6 heteroatoms. The van der Waals surface area contributed by atoms with Crippen molar-refractivity contribution in [3.05, 3.63) is 138 Å². The molecule has 5 aromatic rings. The molecule has 2 amide bonds. The number of carbonyl (C=O) groups excluding carboxylic acids is 2. The fourth-order valence-electron chi connectivity index (χ4n) is 4.49. The minimum absolute atomic E-state index is 0.0960. The maximum absolute atomic E-state index is 13.4. The average molecular weight is 529 g/mol. The molecule has 0 bridgehead atoms. The topological polar surface area (TPSA) is 67.2 Å². The summed E-state index contributed by atoms with van der Waals surface area (Å²) in [5.41, 5.74) is 6.75. The van der Waals surface area contributed by atoms with Gasteiger partial charge in [0.1, 0.15) is 6.54 Å². The number of carbonyl (C=O) groups is 2. The third-order valence-electron chi connectivity index (χ3n) is 6.72. The maximum atomic E-state index is 13.4. The summed E-state index contributed by atoms with van der Waals surface area (Å²) in [5.74, 6) is -0.0289. The van der Waals surface area contributed by atoms with E-state index < -0.39 is 0 Å². The van der Waals surface area contributed by atoms with Crippen LogP contribution in [-0.4, -0.2) is 32.8 Å². The second-order valence-corrected chi connectivity index (χ2v) is 9.97. The zero-order valence-corrected chi connectivity index (χ0v) is 22.7. The van der Waals surface area contributed by atoms with Gasteiger partial charge in [0.2, 0.25) is 17.8 Å². The number of benzene rings is 4. The molecule has 1 heterocycles. The Kier molecular flexibility index (Phi) is 8.16. The molecule has 5 rings (SSSR count). The highest BCUT2D eigenvalue weighted by atomic mass is 16.2. The van der Waals surface area contributed by atoms with Crippen LogP contribution in [0.3, 0.4) is 0 Å². The number of amides is 2. The lowest BCUT2D eigenvalue weighted by Gasteiger charge is -2.22. The van der Waals surface area contributed by atoms with Crippen molar-refractivity contribution >= 4 is 17.8 Å². The SMILES string of the molecule is Cc1ccc(-c2cn(-c3ccc(C)cc3)c(NC(=O)CN(Cc3ccccc3)C(=O)Cc3ccccc3)n2)cc1. The molecular weight excluding hydrogens is 496 g/mol. The molecule has 0 aliphatic carbocycles. The van der Waals surface area contributed by atoms with E-state index in [2.05, 4.69) is 5.32 Å². The van der Waals surface area contributed by atoms with Crippen molar-refractivity contribution in [2.45, 2.75) is 26.8 Å². The molecule has 0 atom stereocenters. The zero-order valence-electron chi connectivity index (χ0n) is 22.7. The molecule has 0 saturated carbocycles. The predicted molar refractivity (Wildman–Crippen MR) is 159 cm³/mol. The largest absolute Gasteiger partial charge is 0.329 e. The number of aryl methyl sites for hydroxylation is 2. The molecule has 40 heavy (non-hydrogen) atoms. The lowest BCUT2D eigenvalue weighted by molar-refractivity contribution is -0.134. The highest BCUT2D eigenvalue weighted by Crippen LogP contribution is 2.25. The number of hydrogen-bond acceptors (Lipinski definition) is 3. The maximum Gasteiger partial charge on any atom is 0.246 e. The Morgan fingerprint density at radius 1 is 0.750 bits per heavy atom. The first-order valence-corrected chi connectivity index (χ1v) is 13.3. The Balaban J connectivity index is 1.40. The van der Waals surface area contributed by atoms with Crippen LogP contribution in [0.15, 0.2) is 115 Å². The fourth-order valence-corrected chi connectivity index (χ4v) is 4.49. The number of rotatable bonds is 9. The van der Waals surface area contributed by atoms with Crippen LogP contribution in [0.25, 0.3) is 16.9 Å². The van der Waals surface area contributed by atoms with E-state index in [1.807, 2.05) is 134 Å². The first kappa shape index (κ1) is 26.6. The Bertz CT molecular complexity index is 1580. The fraction of sp³-hybridized carbons (Fsp3) is 0.147. The van der Waals surface area contributed by atoms with Crippen molar-refractivity contribution in [3.63, 3.8) is 0 Å². The van der Waals surface area contributed by atoms with E-state index in [-0.39, 0.29) is 24.8 Å². The number of anilines is 1. The van der Waals surface area contributed by atoms with Crippen molar-refractivity contribution in [3.8, 4) is 16.9 Å². The van der Waals surface area contributed by atoms with Gasteiger partial charge in [0, 0.05) is 24.0 Å². The summed E-state index contributed by atoms with van der Waals surface area (Å²) in [7, 11) is 0. The van der Waals surface area contributed by atoms with Gasteiger partial charge in [-0.05, 0) is 37.1 Å². The molecule has 6 nitrogen and oxygen atoms in total. The van der Waals surface area contributed by atoms with Crippen LogP contribution in [0.1, 0.15) is 22.3 Å². The van der Waals surface area contributed by atoms with Gasteiger partial charge in [-0.15, -0.1) is 0 Å². The lowest BCUT2D eigenvalue weighted by Crippen LogP contribution is -2.38. The Morgan fingerprint density at radius 3 is 1.95 bits per heavy atom. The van der Waals surface area contributed by atoms with E-state index in [1.165, 1.54) is 0 Å². The van der Waals surface area contributed by atoms with E-state index in [9.17, 15) is 9.59 Å². The van der Waals surface area contributed by atoms with Gasteiger partial charge in [-0.25, -0.2) is 4.98 Å². The van der Waals surface area contributed by atoms with Gasteiger partial charge in [0.05, 0.1) is 12.1 Å². The van der Waals surface area contributed by atoms with Gasteiger partial charge in [0.25, 0.3) is 0 Å². The van der Waals surface area contributed by atoms with Crippen molar-refractivity contribution < 1.29 is 9.59 Å². The van der Waals surface area contributed by atoms with Crippen LogP contribution >= 0.6 is 0 Å². The molecule has 200 valence electrons. The number of hydrogen-bond donors (Lipinski definition) is 1. The molecule has 1 aromatic heterocycles. The summed E-state index contributed by atoms with van der Waals surface area (Å²) < 4.78 is 1.87. The molecule has 0 radical (unpaired) electrons. The molecule has 1 N–H and O–H groups in total. The number of nitrogens with one attached hydrogen (secondary N) is 1.